The van der Waals surface area contributed by atoms with Gasteiger partial charge in [-0.05, 0) is 42.2 Å². The van der Waals surface area contributed by atoms with Crippen molar-refractivity contribution in [2.24, 2.45) is 0 Å². The Labute approximate surface area is 111 Å². The number of H-pyrrole nitrogens is 1. The van der Waals surface area contributed by atoms with Gasteiger partial charge >= 0.3 is 0 Å². The van der Waals surface area contributed by atoms with E-state index in [2.05, 4.69) is 33.2 Å². The van der Waals surface area contributed by atoms with Crippen molar-refractivity contribution in [2.45, 2.75) is 12.8 Å². The van der Waals surface area contributed by atoms with Gasteiger partial charge in [0.2, 0.25) is 0 Å². The molecule has 2 aromatic heterocycles. The predicted octanol–water partition coefficient (Wildman–Crippen LogP) is 2.75. The molecule has 0 spiro atoms. The predicted molar refractivity (Wildman–Crippen MR) is 74.3 cm³/mol. The van der Waals surface area contributed by atoms with Crippen LogP contribution in [0, 0.1) is 0 Å². The minimum absolute atomic E-state index is 0.771. The zero-order valence-electron chi connectivity index (χ0n) is 10.8. The fraction of sp³-hybridized carbons (Fsp3) is 0.200. The van der Waals surface area contributed by atoms with Crippen LogP contribution < -0.4 is 4.74 Å². The van der Waals surface area contributed by atoms with Gasteiger partial charge in [0.05, 0.1) is 19.0 Å². The third-order valence-electron chi connectivity index (χ3n) is 3.19. The molecule has 2 heterocycles. The van der Waals surface area contributed by atoms with Crippen LogP contribution in [-0.4, -0.2) is 22.1 Å². The fourth-order valence-electron chi connectivity index (χ4n) is 2.09. The second kappa shape index (κ2) is 5.10. The Bertz CT molecular complexity index is 673. The van der Waals surface area contributed by atoms with E-state index in [1.807, 2.05) is 18.3 Å². The van der Waals surface area contributed by atoms with Gasteiger partial charge in [-0.15, -0.1) is 0 Å². The van der Waals surface area contributed by atoms with E-state index in [0.717, 1.165) is 29.8 Å². The van der Waals surface area contributed by atoms with E-state index in [9.17, 15) is 0 Å². The van der Waals surface area contributed by atoms with Crippen LogP contribution in [0.25, 0.3) is 11.2 Å². The molecule has 19 heavy (non-hydrogen) atoms. The Kier molecular flexibility index (Phi) is 3.14. The highest BCUT2D eigenvalue weighted by molar-refractivity contribution is 5.70. The molecular weight excluding hydrogens is 238 g/mol. The van der Waals surface area contributed by atoms with Crippen LogP contribution in [-0.2, 0) is 12.8 Å². The number of nitrogens with one attached hydrogen (secondary N) is 1. The summed E-state index contributed by atoms with van der Waals surface area (Å²) in [5.41, 5.74) is 4.28. The first-order valence-corrected chi connectivity index (χ1v) is 6.26. The maximum atomic E-state index is 5.15. The van der Waals surface area contributed by atoms with Crippen molar-refractivity contribution < 1.29 is 4.74 Å². The minimum Gasteiger partial charge on any atom is -0.497 e. The van der Waals surface area contributed by atoms with Gasteiger partial charge in [-0.25, -0.2) is 9.97 Å². The Hall–Kier alpha value is -2.36. The first-order valence-electron chi connectivity index (χ1n) is 6.26. The SMILES string of the molecule is COc1ccc(CCc2cnc3nc[nH]c3c2)cc1. The average Bonchev–Trinajstić information content (AvgIpc) is 2.93. The lowest BCUT2D eigenvalue weighted by molar-refractivity contribution is 0.414. The summed E-state index contributed by atoms with van der Waals surface area (Å²) in [6.07, 6.45) is 5.53. The van der Waals surface area contributed by atoms with Crippen LogP contribution in [0.1, 0.15) is 11.1 Å². The van der Waals surface area contributed by atoms with E-state index >= 15 is 0 Å². The summed E-state index contributed by atoms with van der Waals surface area (Å²) in [4.78, 5) is 11.5. The van der Waals surface area contributed by atoms with Gasteiger partial charge in [-0.1, -0.05) is 12.1 Å². The van der Waals surface area contributed by atoms with Crippen molar-refractivity contribution in [3.05, 3.63) is 54.0 Å². The molecule has 0 unspecified atom stereocenters. The molecule has 3 rings (SSSR count). The Morgan fingerprint density at radius 3 is 2.63 bits per heavy atom. The number of fused-ring (bicyclic) bond motifs is 1. The number of aryl methyl sites for hydroxylation is 2. The van der Waals surface area contributed by atoms with Crippen LogP contribution in [0.5, 0.6) is 5.75 Å². The van der Waals surface area contributed by atoms with E-state index in [1.54, 1.807) is 13.4 Å². The molecule has 1 N–H and O–H groups in total. The van der Waals surface area contributed by atoms with Gasteiger partial charge in [-0.3, -0.25) is 0 Å². The van der Waals surface area contributed by atoms with Gasteiger partial charge in [0.1, 0.15) is 5.75 Å². The zero-order chi connectivity index (χ0) is 13.1. The second-order valence-corrected chi connectivity index (χ2v) is 4.47. The molecule has 0 bridgehead atoms. The lowest BCUT2D eigenvalue weighted by Gasteiger charge is -2.04. The van der Waals surface area contributed by atoms with Gasteiger partial charge in [0.25, 0.3) is 0 Å². The monoisotopic (exact) mass is 253 g/mol. The van der Waals surface area contributed by atoms with Crippen molar-refractivity contribution in [1.29, 1.82) is 0 Å². The Balaban J connectivity index is 1.70. The van der Waals surface area contributed by atoms with Crippen molar-refractivity contribution in [1.82, 2.24) is 15.0 Å². The number of ether oxygens (including phenoxy) is 1. The lowest BCUT2D eigenvalue weighted by atomic mass is 10.1. The molecule has 3 aromatic rings. The third kappa shape index (κ3) is 2.57. The van der Waals surface area contributed by atoms with Crippen molar-refractivity contribution in [3.63, 3.8) is 0 Å². The van der Waals surface area contributed by atoms with E-state index < -0.39 is 0 Å². The summed E-state index contributed by atoms with van der Waals surface area (Å²) in [5, 5.41) is 0. The van der Waals surface area contributed by atoms with Gasteiger partial charge in [0.15, 0.2) is 5.65 Å². The third-order valence-corrected chi connectivity index (χ3v) is 3.19. The molecule has 0 fully saturated rings. The average molecular weight is 253 g/mol. The molecule has 0 amide bonds. The largest absolute Gasteiger partial charge is 0.497 e. The number of hydrogen-bond donors (Lipinski definition) is 1. The van der Waals surface area contributed by atoms with Crippen molar-refractivity contribution in [2.75, 3.05) is 7.11 Å². The molecule has 0 saturated carbocycles. The molecule has 0 saturated heterocycles. The summed E-state index contributed by atoms with van der Waals surface area (Å²) >= 11 is 0. The molecule has 0 aliphatic carbocycles. The molecule has 0 aliphatic rings. The van der Waals surface area contributed by atoms with Crippen LogP contribution in [0.2, 0.25) is 0 Å². The van der Waals surface area contributed by atoms with Gasteiger partial charge in [-0.2, -0.15) is 0 Å². The molecular formula is C15H15N3O. The quantitative estimate of drug-likeness (QED) is 0.777. The highest BCUT2D eigenvalue weighted by Gasteiger charge is 2.01. The summed E-state index contributed by atoms with van der Waals surface area (Å²) in [6.45, 7) is 0. The molecule has 4 heteroatoms. The molecule has 4 nitrogen and oxygen atoms in total. The number of nitrogens with zero attached hydrogens (tertiary/aromatic N) is 2. The number of rotatable bonds is 4. The van der Waals surface area contributed by atoms with Gasteiger partial charge in [0, 0.05) is 6.20 Å². The summed E-state index contributed by atoms with van der Waals surface area (Å²) in [6, 6.07) is 10.3. The number of methoxy groups -OCH3 is 1. The van der Waals surface area contributed by atoms with Gasteiger partial charge < -0.3 is 9.72 Å². The Morgan fingerprint density at radius 2 is 1.84 bits per heavy atom. The van der Waals surface area contributed by atoms with E-state index in [0.29, 0.717) is 0 Å². The van der Waals surface area contributed by atoms with Crippen molar-refractivity contribution in [3.8, 4) is 5.75 Å². The normalized spacial score (nSPS) is 10.8. The number of aromatic nitrogens is 3. The molecule has 1 aromatic carbocycles. The highest BCUT2D eigenvalue weighted by Crippen LogP contribution is 2.14. The number of aromatic amines is 1. The van der Waals surface area contributed by atoms with E-state index in [4.69, 9.17) is 4.74 Å². The van der Waals surface area contributed by atoms with E-state index in [1.165, 1.54) is 11.1 Å². The van der Waals surface area contributed by atoms with Crippen LogP contribution in [0.4, 0.5) is 0 Å². The molecule has 96 valence electrons. The summed E-state index contributed by atoms with van der Waals surface area (Å²) in [7, 11) is 1.68. The lowest BCUT2D eigenvalue weighted by Crippen LogP contribution is -1.93. The smallest absolute Gasteiger partial charge is 0.177 e. The van der Waals surface area contributed by atoms with Crippen molar-refractivity contribution >= 4 is 11.2 Å². The topological polar surface area (TPSA) is 50.8 Å². The van der Waals surface area contributed by atoms with Crippen LogP contribution in [0.15, 0.2) is 42.9 Å². The summed E-state index contributed by atoms with van der Waals surface area (Å²) in [5.74, 6) is 0.893. The maximum absolute atomic E-state index is 5.15. The first kappa shape index (κ1) is 11.7. The number of pyridine rings is 1. The molecule has 0 aliphatic heterocycles. The van der Waals surface area contributed by atoms with Crippen LogP contribution >= 0.6 is 0 Å². The highest BCUT2D eigenvalue weighted by atomic mass is 16.5. The second-order valence-electron chi connectivity index (χ2n) is 4.47. The summed E-state index contributed by atoms with van der Waals surface area (Å²) < 4.78 is 5.15. The maximum Gasteiger partial charge on any atom is 0.177 e. The zero-order valence-corrected chi connectivity index (χ0v) is 10.8. The molecule has 0 radical (unpaired) electrons. The number of hydrogen-bond acceptors (Lipinski definition) is 3. The first-order chi connectivity index (χ1) is 9.35. The number of imidazole rings is 1. The number of benzene rings is 1. The van der Waals surface area contributed by atoms with Crippen LogP contribution in [0.3, 0.4) is 0 Å². The Morgan fingerprint density at radius 1 is 1.05 bits per heavy atom. The van der Waals surface area contributed by atoms with E-state index in [-0.39, 0.29) is 0 Å². The minimum atomic E-state index is 0.771. The molecule has 0 atom stereocenters. The fourth-order valence-corrected chi connectivity index (χ4v) is 2.09. The standard InChI is InChI=1S/C15H15N3O/c1-19-13-6-4-11(5-7-13)2-3-12-8-14-15(16-9-12)18-10-17-14/h4-10H,2-3H2,1H3,(H,16,17,18).